The molecule has 1 unspecified atom stereocenters. The van der Waals surface area contributed by atoms with Gasteiger partial charge in [0.05, 0.1) is 7.11 Å². The van der Waals surface area contributed by atoms with Gasteiger partial charge in [0.1, 0.15) is 11.5 Å². The van der Waals surface area contributed by atoms with Crippen molar-refractivity contribution in [3.05, 3.63) is 54.1 Å². The third-order valence-corrected chi connectivity index (χ3v) is 4.54. The van der Waals surface area contributed by atoms with Crippen LogP contribution in [0.2, 0.25) is 0 Å². The lowest BCUT2D eigenvalue weighted by atomic mass is 9.82. The van der Waals surface area contributed by atoms with Gasteiger partial charge < -0.3 is 4.74 Å². The SMILES string of the molecule is COc1ccc(-c2ccccc2)c(CC2CCCCC2=O)c1. The number of carbonyl (C=O) groups excluding carboxylic acids is 1. The van der Waals surface area contributed by atoms with Crippen molar-refractivity contribution in [2.24, 2.45) is 5.92 Å². The average Bonchev–Trinajstić information content (AvgIpc) is 2.57. The van der Waals surface area contributed by atoms with Crippen molar-refractivity contribution >= 4 is 5.78 Å². The van der Waals surface area contributed by atoms with Crippen molar-refractivity contribution in [3.8, 4) is 16.9 Å². The molecule has 2 aromatic rings. The number of carbonyl (C=O) groups is 1. The van der Waals surface area contributed by atoms with Gasteiger partial charge in [-0.25, -0.2) is 0 Å². The molecule has 0 amide bonds. The van der Waals surface area contributed by atoms with Gasteiger partial charge in [0.15, 0.2) is 0 Å². The number of ether oxygens (including phenoxy) is 1. The van der Waals surface area contributed by atoms with Gasteiger partial charge in [-0.1, -0.05) is 42.8 Å². The van der Waals surface area contributed by atoms with Gasteiger partial charge in [-0.15, -0.1) is 0 Å². The summed E-state index contributed by atoms with van der Waals surface area (Å²) < 4.78 is 5.38. The Bertz CT molecular complexity index is 646. The minimum Gasteiger partial charge on any atom is -0.497 e. The van der Waals surface area contributed by atoms with Crippen LogP contribution in [-0.4, -0.2) is 12.9 Å². The first-order chi connectivity index (χ1) is 10.8. The monoisotopic (exact) mass is 294 g/mol. The van der Waals surface area contributed by atoms with Crippen molar-refractivity contribution in [2.75, 3.05) is 7.11 Å². The normalized spacial score (nSPS) is 18.2. The first-order valence-corrected chi connectivity index (χ1v) is 8.03. The minimum absolute atomic E-state index is 0.170. The van der Waals surface area contributed by atoms with Crippen LogP contribution in [0.5, 0.6) is 5.75 Å². The maximum atomic E-state index is 12.2. The summed E-state index contributed by atoms with van der Waals surface area (Å²) in [5, 5.41) is 0. The fourth-order valence-electron chi connectivity index (χ4n) is 3.30. The maximum Gasteiger partial charge on any atom is 0.136 e. The molecule has 2 heteroatoms. The number of benzene rings is 2. The highest BCUT2D eigenvalue weighted by Gasteiger charge is 2.23. The molecule has 1 aliphatic carbocycles. The Kier molecular flexibility index (Phi) is 4.57. The van der Waals surface area contributed by atoms with Crippen LogP contribution in [0.25, 0.3) is 11.1 Å². The lowest BCUT2D eigenvalue weighted by molar-refractivity contribution is -0.124. The van der Waals surface area contributed by atoms with Crippen molar-refractivity contribution in [2.45, 2.75) is 32.1 Å². The number of hydrogen-bond donors (Lipinski definition) is 0. The van der Waals surface area contributed by atoms with E-state index in [0.29, 0.717) is 5.78 Å². The van der Waals surface area contributed by atoms with E-state index in [1.807, 2.05) is 12.1 Å². The van der Waals surface area contributed by atoms with Gasteiger partial charge in [0.2, 0.25) is 0 Å². The van der Waals surface area contributed by atoms with Crippen LogP contribution in [0.1, 0.15) is 31.2 Å². The van der Waals surface area contributed by atoms with E-state index in [1.165, 1.54) is 23.1 Å². The number of rotatable bonds is 4. The fourth-order valence-corrected chi connectivity index (χ4v) is 3.30. The zero-order valence-corrected chi connectivity index (χ0v) is 13.0. The number of ketones is 1. The summed E-state index contributed by atoms with van der Waals surface area (Å²) in [6.07, 6.45) is 4.81. The maximum absolute atomic E-state index is 12.2. The van der Waals surface area contributed by atoms with E-state index in [2.05, 4.69) is 36.4 Å². The predicted molar refractivity (Wildman–Crippen MR) is 89.1 cm³/mol. The Labute approximate surface area is 132 Å². The molecule has 0 spiro atoms. The molecule has 1 aliphatic rings. The van der Waals surface area contributed by atoms with E-state index < -0.39 is 0 Å². The summed E-state index contributed by atoms with van der Waals surface area (Å²) in [6.45, 7) is 0. The molecule has 1 saturated carbocycles. The molecule has 0 N–H and O–H groups in total. The quantitative estimate of drug-likeness (QED) is 0.819. The molecule has 1 atom stereocenters. The van der Waals surface area contributed by atoms with Crippen molar-refractivity contribution in [1.29, 1.82) is 0 Å². The highest BCUT2D eigenvalue weighted by atomic mass is 16.5. The molecular weight excluding hydrogens is 272 g/mol. The van der Waals surface area contributed by atoms with Crippen molar-refractivity contribution in [1.82, 2.24) is 0 Å². The van der Waals surface area contributed by atoms with E-state index in [9.17, 15) is 4.79 Å². The molecule has 0 radical (unpaired) electrons. The van der Waals surface area contributed by atoms with Crippen LogP contribution in [0.3, 0.4) is 0 Å². The van der Waals surface area contributed by atoms with Crippen molar-refractivity contribution < 1.29 is 9.53 Å². The summed E-state index contributed by atoms with van der Waals surface area (Å²) in [5.74, 6) is 1.45. The molecule has 2 nitrogen and oxygen atoms in total. The Hall–Kier alpha value is -2.09. The third-order valence-electron chi connectivity index (χ3n) is 4.54. The van der Waals surface area contributed by atoms with Gasteiger partial charge in [-0.05, 0) is 48.1 Å². The molecule has 1 fully saturated rings. The van der Waals surface area contributed by atoms with E-state index in [-0.39, 0.29) is 5.92 Å². The highest BCUT2D eigenvalue weighted by Crippen LogP contribution is 2.32. The first kappa shape index (κ1) is 14.8. The van der Waals surface area contributed by atoms with Crippen LogP contribution in [-0.2, 0) is 11.2 Å². The number of hydrogen-bond acceptors (Lipinski definition) is 2. The van der Waals surface area contributed by atoms with Crippen LogP contribution in [0.15, 0.2) is 48.5 Å². The van der Waals surface area contributed by atoms with Gasteiger partial charge in [-0.3, -0.25) is 4.79 Å². The molecule has 3 rings (SSSR count). The molecule has 0 aliphatic heterocycles. The van der Waals surface area contributed by atoms with Gasteiger partial charge in [-0.2, -0.15) is 0 Å². The molecule has 0 saturated heterocycles. The Morgan fingerprint density at radius 3 is 2.64 bits per heavy atom. The van der Waals surface area contributed by atoms with Gasteiger partial charge >= 0.3 is 0 Å². The molecule has 114 valence electrons. The Morgan fingerprint density at radius 1 is 1.09 bits per heavy atom. The molecular formula is C20H22O2. The zero-order chi connectivity index (χ0) is 15.4. The van der Waals surface area contributed by atoms with Crippen LogP contribution in [0.4, 0.5) is 0 Å². The Balaban J connectivity index is 1.95. The van der Waals surface area contributed by atoms with E-state index in [4.69, 9.17) is 4.74 Å². The number of Topliss-reactive ketones (excluding diaryl/α,β-unsaturated/α-hetero) is 1. The topological polar surface area (TPSA) is 26.3 Å². The van der Waals surface area contributed by atoms with Crippen LogP contribution < -0.4 is 4.74 Å². The summed E-state index contributed by atoms with van der Waals surface area (Å²) in [5.41, 5.74) is 3.62. The second-order valence-electron chi connectivity index (χ2n) is 6.00. The Morgan fingerprint density at radius 2 is 1.91 bits per heavy atom. The summed E-state index contributed by atoms with van der Waals surface area (Å²) >= 11 is 0. The summed E-state index contributed by atoms with van der Waals surface area (Å²) in [6, 6.07) is 16.6. The predicted octanol–water partition coefficient (Wildman–Crippen LogP) is 4.66. The largest absolute Gasteiger partial charge is 0.497 e. The summed E-state index contributed by atoms with van der Waals surface area (Å²) in [7, 11) is 1.69. The minimum atomic E-state index is 0.170. The molecule has 22 heavy (non-hydrogen) atoms. The molecule has 0 aromatic heterocycles. The van der Waals surface area contributed by atoms with E-state index in [0.717, 1.165) is 31.4 Å². The molecule has 2 aromatic carbocycles. The lowest BCUT2D eigenvalue weighted by Gasteiger charge is -2.22. The van der Waals surface area contributed by atoms with E-state index >= 15 is 0 Å². The highest BCUT2D eigenvalue weighted by molar-refractivity contribution is 5.82. The lowest BCUT2D eigenvalue weighted by Crippen LogP contribution is -2.21. The first-order valence-electron chi connectivity index (χ1n) is 8.03. The average molecular weight is 294 g/mol. The second-order valence-corrected chi connectivity index (χ2v) is 6.00. The molecule has 0 heterocycles. The second kappa shape index (κ2) is 6.78. The smallest absolute Gasteiger partial charge is 0.136 e. The van der Waals surface area contributed by atoms with Gasteiger partial charge in [0.25, 0.3) is 0 Å². The van der Waals surface area contributed by atoms with E-state index in [1.54, 1.807) is 7.11 Å². The van der Waals surface area contributed by atoms with Crippen LogP contribution >= 0.6 is 0 Å². The van der Waals surface area contributed by atoms with Crippen molar-refractivity contribution in [3.63, 3.8) is 0 Å². The zero-order valence-electron chi connectivity index (χ0n) is 13.0. The number of methoxy groups -OCH3 is 1. The standard InChI is InChI=1S/C20H22O2/c1-22-18-11-12-19(15-7-3-2-4-8-15)17(14-18)13-16-9-5-6-10-20(16)21/h2-4,7-8,11-12,14,16H,5-6,9-10,13H2,1H3. The summed E-state index contributed by atoms with van der Waals surface area (Å²) in [4.78, 5) is 12.2. The molecule has 0 bridgehead atoms. The van der Waals surface area contributed by atoms with Gasteiger partial charge in [0, 0.05) is 12.3 Å². The third kappa shape index (κ3) is 3.22. The fraction of sp³-hybridized carbons (Fsp3) is 0.350. The van der Waals surface area contributed by atoms with Crippen LogP contribution in [0, 0.1) is 5.92 Å².